The number of anilines is 1. The molecule has 0 radical (unpaired) electrons. The Balaban J connectivity index is 1.45. The largest absolute Gasteiger partial charge is 0.352 e. The molecule has 0 bridgehead atoms. The Morgan fingerprint density at radius 3 is 2.74 bits per heavy atom. The lowest BCUT2D eigenvalue weighted by Gasteiger charge is -2.27. The SMILES string of the molecule is Cc1cccc(CN2CCc3nc(NCc4ccccc4)[nH]c(=O)c3C2)c1. The number of benzene rings is 2. The monoisotopic (exact) mass is 360 g/mol. The molecule has 3 aromatic rings. The van der Waals surface area contributed by atoms with E-state index in [-0.39, 0.29) is 5.56 Å². The topological polar surface area (TPSA) is 61.0 Å². The average Bonchev–Trinajstić information content (AvgIpc) is 2.68. The molecule has 0 saturated heterocycles. The van der Waals surface area contributed by atoms with E-state index in [1.54, 1.807) is 0 Å². The fraction of sp³-hybridized carbons (Fsp3) is 0.273. The molecule has 2 heterocycles. The third kappa shape index (κ3) is 4.26. The van der Waals surface area contributed by atoms with Crippen LogP contribution >= 0.6 is 0 Å². The lowest BCUT2D eigenvalue weighted by Crippen LogP contribution is -2.35. The standard InChI is InChI=1S/C22H24N4O/c1-16-6-5-9-18(12-16)14-26-11-10-20-19(15-26)21(27)25-22(24-20)23-13-17-7-3-2-4-8-17/h2-9,12H,10-11,13-15H2,1H3,(H2,23,24,25,27). The second-order valence-corrected chi connectivity index (χ2v) is 7.13. The van der Waals surface area contributed by atoms with Gasteiger partial charge in [-0.15, -0.1) is 0 Å². The molecule has 2 aromatic carbocycles. The van der Waals surface area contributed by atoms with E-state index in [0.29, 0.717) is 19.0 Å². The van der Waals surface area contributed by atoms with Crippen LogP contribution in [0.15, 0.2) is 59.4 Å². The fourth-order valence-electron chi connectivity index (χ4n) is 3.55. The molecule has 1 aliphatic rings. The summed E-state index contributed by atoms with van der Waals surface area (Å²) in [7, 11) is 0. The molecule has 0 fully saturated rings. The van der Waals surface area contributed by atoms with Gasteiger partial charge in [0.1, 0.15) is 0 Å². The second-order valence-electron chi connectivity index (χ2n) is 7.13. The van der Waals surface area contributed by atoms with E-state index < -0.39 is 0 Å². The number of nitrogens with zero attached hydrogens (tertiary/aromatic N) is 2. The smallest absolute Gasteiger partial charge is 0.257 e. The van der Waals surface area contributed by atoms with Crippen LogP contribution in [0.2, 0.25) is 0 Å². The number of hydrogen-bond acceptors (Lipinski definition) is 4. The highest BCUT2D eigenvalue weighted by molar-refractivity contribution is 5.33. The molecule has 4 rings (SSSR count). The number of nitrogens with one attached hydrogen (secondary N) is 2. The predicted octanol–water partition coefficient (Wildman–Crippen LogP) is 3.25. The summed E-state index contributed by atoms with van der Waals surface area (Å²) in [4.78, 5) is 22.4. The maximum atomic E-state index is 12.6. The summed E-state index contributed by atoms with van der Waals surface area (Å²) in [6.45, 7) is 5.16. The zero-order chi connectivity index (χ0) is 18.6. The summed E-state index contributed by atoms with van der Waals surface area (Å²) < 4.78 is 0. The molecule has 5 heteroatoms. The number of hydrogen-bond donors (Lipinski definition) is 2. The van der Waals surface area contributed by atoms with Gasteiger partial charge in [-0.3, -0.25) is 14.7 Å². The van der Waals surface area contributed by atoms with Crippen LogP contribution in [0, 0.1) is 6.92 Å². The molecule has 138 valence electrons. The molecule has 2 N–H and O–H groups in total. The van der Waals surface area contributed by atoms with E-state index in [2.05, 4.69) is 51.4 Å². The van der Waals surface area contributed by atoms with E-state index in [1.165, 1.54) is 11.1 Å². The van der Waals surface area contributed by atoms with Gasteiger partial charge in [0.25, 0.3) is 5.56 Å². The molecule has 0 saturated carbocycles. The van der Waals surface area contributed by atoms with Gasteiger partial charge in [0.2, 0.25) is 5.95 Å². The zero-order valence-electron chi connectivity index (χ0n) is 15.5. The summed E-state index contributed by atoms with van der Waals surface area (Å²) >= 11 is 0. The first-order valence-corrected chi connectivity index (χ1v) is 9.35. The Morgan fingerprint density at radius 1 is 1.11 bits per heavy atom. The van der Waals surface area contributed by atoms with Crippen LogP contribution in [0.3, 0.4) is 0 Å². The number of rotatable bonds is 5. The summed E-state index contributed by atoms with van der Waals surface area (Å²) in [6, 6.07) is 18.6. The minimum Gasteiger partial charge on any atom is -0.352 e. The van der Waals surface area contributed by atoms with Crippen molar-refractivity contribution in [1.29, 1.82) is 0 Å². The van der Waals surface area contributed by atoms with Crippen molar-refractivity contribution < 1.29 is 0 Å². The van der Waals surface area contributed by atoms with Gasteiger partial charge in [-0.25, -0.2) is 4.98 Å². The highest BCUT2D eigenvalue weighted by atomic mass is 16.1. The van der Waals surface area contributed by atoms with Gasteiger partial charge in [-0.2, -0.15) is 0 Å². The summed E-state index contributed by atoms with van der Waals surface area (Å²) in [5.74, 6) is 0.551. The Labute approximate surface area is 159 Å². The molecule has 0 amide bonds. The number of aromatic amines is 1. The van der Waals surface area contributed by atoms with E-state index in [0.717, 1.165) is 36.3 Å². The molecule has 5 nitrogen and oxygen atoms in total. The number of aromatic nitrogens is 2. The summed E-state index contributed by atoms with van der Waals surface area (Å²) in [5.41, 5.74) is 5.36. The molecule has 0 spiro atoms. The summed E-state index contributed by atoms with van der Waals surface area (Å²) in [6.07, 6.45) is 0.797. The Morgan fingerprint density at radius 2 is 1.93 bits per heavy atom. The number of fused-ring (bicyclic) bond motifs is 1. The summed E-state index contributed by atoms with van der Waals surface area (Å²) in [5, 5.41) is 3.23. The van der Waals surface area contributed by atoms with Crippen molar-refractivity contribution >= 4 is 5.95 Å². The van der Waals surface area contributed by atoms with Gasteiger partial charge in [-0.1, -0.05) is 60.2 Å². The Hall–Kier alpha value is -2.92. The van der Waals surface area contributed by atoms with Gasteiger partial charge in [-0.05, 0) is 18.1 Å². The number of H-pyrrole nitrogens is 1. The van der Waals surface area contributed by atoms with Crippen molar-refractivity contribution in [3.05, 3.63) is 92.9 Å². The molecule has 0 atom stereocenters. The first kappa shape index (κ1) is 17.5. The van der Waals surface area contributed by atoms with Crippen molar-refractivity contribution in [2.24, 2.45) is 0 Å². The zero-order valence-corrected chi connectivity index (χ0v) is 15.5. The third-order valence-corrected chi connectivity index (χ3v) is 4.94. The Kier molecular flexibility index (Phi) is 5.03. The van der Waals surface area contributed by atoms with Crippen LogP contribution in [0.4, 0.5) is 5.95 Å². The molecule has 1 aliphatic heterocycles. The molecular formula is C22H24N4O. The van der Waals surface area contributed by atoms with Crippen molar-refractivity contribution in [3.63, 3.8) is 0 Å². The Bertz CT molecular complexity index is 981. The van der Waals surface area contributed by atoms with Crippen LogP contribution in [0.25, 0.3) is 0 Å². The lowest BCUT2D eigenvalue weighted by atomic mass is 10.1. The first-order valence-electron chi connectivity index (χ1n) is 9.35. The molecule has 0 aliphatic carbocycles. The van der Waals surface area contributed by atoms with Crippen molar-refractivity contribution in [2.45, 2.75) is 33.0 Å². The quantitative estimate of drug-likeness (QED) is 0.733. The van der Waals surface area contributed by atoms with Crippen molar-refractivity contribution in [2.75, 3.05) is 11.9 Å². The highest BCUT2D eigenvalue weighted by Crippen LogP contribution is 2.18. The molecule has 0 unspecified atom stereocenters. The van der Waals surface area contributed by atoms with E-state index in [9.17, 15) is 4.79 Å². The van der Waals surface area contributed by atoms with Gasteiger partial charge in [0.15, 0.2) is 0 Å². The van der Waals surface area contributed by atoms with E-state index in [1.807, 2.05) is 30.3 Å². The highest BCUT2D eigenvalue weighted by Gasteiger charge is 2.21. The fourth-order valence-corrected chi connectivity index (χ4v) is 3.55. The van der Waals surface area contributed by atoms with Crippen LogP contribution in [0.5, 0.6) is 0 Å². The molecule has 27 heavy (non-hydrogen) atoms. The third-order valence-electron chi connectivity index (χ3n) is 4.94. The van der Waals surface area contributed by atoms with Crippen LogP contribution in [-0.4, -0.2) is 21.4 Å². The maximum Gasteiger partial charge on any atom is 0.257 e. The maximum absolute atomic E-state index is 12.6. The van der Waals surface area contributed by atoms with Crippen LogP contribution in [0.1, 0.15) is 27.9 Å². The predicted molar refractivity (Wildman–Crippen MR) is 108 cm³/mol. The minimum atomic E-state index is -0.0375. The molecular weight excluding hydrogens is 336 g/mol. The van der Waals surface area contributed by atoms with Crippen molar-refractivity contribution in [3.8, 4) is 0 Å². The van der Waals surface area contributed by atoms with Gasteiger partial charge >= 0.3 is 0 Å². The first-order chi connectivity index (χ1) is 13.2. The van der Waals surface area contributed by atoms with Gasteiger partial charge in [0.05, 0.1) is 11.3 Å². The average molecular weight is 360 g/mol. The van der Waals surface area contributed by atoms with Gasteiger partial charge in [0, 0.05) is 32.6 Å². The number of aryl methyl sites for hydroxylation is 1. The lowest BCUT2D eigenvalue weighted by molar-refractivity contribution is 0.242. The van der Waals surface area contributed by atoms with Crippen LogP contribution in [-0.2, 0) is 26.1 Å². The van der Waals surface area contributed by atoms with Gasteiger partial charge < -0.3 is 5.32 Å². The van der Waals surface area contributed by atoms with E-state index in [4.69, 9.17) is 0 Å². The minimum absolute atomic E-state index is 0.0375. The molecule has 1 aromatic heterocycles. The normalized spacial score (nSPS) is 14.0. The van der Waals surface area contributed by atoms with Crippen LogP contribution < -0.4 is 10.9 Å². The second kappa shape index (κ2) is 7.76. The van der Waals surface area contributed by atoms with Crippen molar-refractivity contribution in [1.82, 2.24) is 14.9 Å². The van der Waals surface area contributed by atoms with E-state index >= 15 is 0 Å².